The molecule has 0 atom stereocenters. The minimum absolute atomic E-state index is 0.302. The molecule has 1 aromatic heterocycles. The van der Waals surface area contributed by atoms with Crippen molar-refractivity contribution in [3.05, 3.63) is 11.8 Å². The second kappa shape index (κ2) is 5.08. The molecular formula is C13H24N4. The maximum absolute atomic E-state index is 5.98. The van der Waals surface area contributed by atoms with Crippen LogP contribution < -0.4 is 11.1 Å². The zero-order valence-corrected chi connectivity index (χ0v) is 11.0. The lowest BCUT2D eigenvalue weighted by Gasteiger charge is -2.36. The van der Waals surface area contributed by atoms with E-state index in [1.165, 1.54) is 32.1 Å². The summed E-state index contributed by atoms with van der Waals surface area (Å²) in [5.74, 6) is 1.10. The predicted molar refractivity (Wildman–Crippen MR) is 71.0 cm³/mol. The first-order chi connectivity index (χ1) is 8.15. The van der Waals surface area contributed by atoms with Crippen LogP contribution in [-0.2, 0) is 7.05 Å². The van der Waals surface area contributed by atoms with Crippen LogP contribution in [-0.4, -0.2) is 22.9 Å². The number of anilines is 1. The van der Waals surface area contributed by atoms with Crippen LogP contribution >= 0.6 is 0 Å². The molecule has 0 spiro atoms. The van der Waals surface area contributed by atoms with Gasteiger partial charge in [-0.2, -0.15) is 5.10 Å². The normalized spacial score (nSPS) is 19.2. The van der Waals surface area contributed by atoms with E-state index in [-0.39, 0.29) is 0 Å². The average Bonchev–Trinajstić information content (AvgIpc) is 2.67. The first-order valence-electron chi connectivity index (χ1n) is 6.60. The Balaban J connectivity index is 1.98. The van der Waals surface area contributed by atoms with E-state index in [1.807, 2.05) is 18.7 Å². The molecule has 1 aliphatic rings. The van der Waals surface area contributed by atoms with Crippen LogP contribution in [0.5, 0.6) is 0 Å². The maximum atomic E-state index is 5.98. The van der Waals surface area contributed by atoms with E-state index in [9.17, 15) is 0 Å². The van der Waals surface area contributed by atoms with Crippen LogP contribution in [0.4, 0.5) is 5.82 Å². The van der Waals surface area contributed by atoms with Crippen LogP contribution in [0.25, 0.3) is 0 Å². The molecule has 1 aliphatic carbocycles. The zero-order valence-electron chi connectivity index (χ0n) is 11.0. The number of hydrogen-bond donors (Lipinski definition) is 2. The third-order valence-electron chi connectivity index (χ3n) is 3.99. The highest BCUT2D eigenvalue weighted by Gasteiger charge is 2.30. The van der Waals surface area contributed by atoms with Crippen molar-refractivity contribution in [3.8, 4) is 0 Å². The van der Waals surface area contributed by atoms with Crippen LogP contribution in [0.3, 0.4) is 0 Å². The highest BCUT2D eigenvalue weighted by molar-refractivity contribution is 5.36. The Hall–Kier alpha value is -1.03. The maximum Gasteiger partial charge on any atom is 0.124 e. The van der Waals surface area contributed by atoms with E-state index in [0.717, 1.165) is 24.6 Å². The molecule has 0 bridgehead atoms. The first-order valence-corrected chi connectivity index (χ1v) is 6.60. The van der Waals surface area contributed by atoms with Gasteiger partial charge in [0.15, 0.2) is 0 Å². The van der Waals surface area contributed by atoms with Crippen LogP contribution in [0.1, 0.15) is 37.8 Å². The van der Waals surface area contributed by atoms with Crippen LogP contribution in [0.2, 0.25) is 0 Å². The van der Waals surface area contributed by atoms with Gasteiger partial charge in [0.1, 0.15) is 5.82 Å². The largest absolute Gasteiger partial charge is 0.370 e. The molecule has 0 amide bonds. The molecule has 0 aromatic carbocycles. The summed E-state index contributed by atoms with van der Waals surface area (Å²) in [6.45, 7) is 3.78. The Labute approximate surface area is 104 Å². The molecule has 1 saturated carbocycles. The van der Waals surface area contributed by atoms with Gasteiger partial charge in [0, 0.05) is 19.7 Å². The Morgan fingerprint density at radius 2 is 2.12 bits per heavy atom. The Morgan fingerprint density at radius 3 is 2.65 bits per heavy atom. The topological polar surface area (TPSA) is 55.9 Å². The van der Waals surface area contributed by atoms with Crippen LogP contribution in [0, 0.1) is 12.3 Å². The Morgan fingerprint density at radius 1 is 1.41 bits per heavy atom. The number of rotatable bonds is 4. The lowest BCUT2D eigenvalue weighted by Crippen LogP contribution is -2.39. The molecule has 0 saturated heterocycles. The van der Waals surface area contributed by atoms with Crippen molar-refractivity contribution in [1.29, 1.82) is 0 Å². The van der Waals surface area contributed by atoms with Gasteiger partial charge in [-0.3, -0.25) is 4.68 Å². The fourth-order valence-corrected chi connectivity index (χ4v) is 2.81. The Bertz CT molecular complexity index is 363. The first kappa shape index (κ1) is 12.4. The molecule has 0 unspecified atom stereocenters. The molecule has 1 aromatic rings. The fourth-order valence-electron chi connectivity index (χ4n) is 2.81. The van der Waals surface area contributed by atoms with E-state index < -0.39 is 0 Å². The van der Waals surface area contributed by atoms with Crippen molar-refractivity contribution in [2.75, 3.05) is 18.4 Å². The van der Waals surface area contributed by atoms with E-state index in [2.05, 4.69) is 16.5 Å². The summed E-state index contributed by atoms with van der Waals surface area (Å²) < 4.78 is 1.91. The summed E-state index contributed by atoms with van der Waals surface area (Å²) in [4.78, 5) is 0. The number of hydrogen-bond acceptors (Lipinski definition) is 3. The molecule has 4 heteroatoms. The van der Waals surface area contributed by atoms with Crippen molar-refractivity contribution in [2.45, 2.75) is 39.0 Å². The van der Waals surface area contributed by atoms with Gasteiger partial charge >= 0.3 is 0 Å². The molecule has 1 heterocycles. The highest BCUT2D eigenvalue weighted by Crippen LogP contribution is 2.35. The van der Waals surface area contributed by atoms with Crippen molar-refractivity contribution in [2.24, 2.45) is 18.2 Å². The summed E-state index contributed by atoms with van der Waals surface area (Å²) in [6.07, 6.45) is 6.53. The van der Waals surface area contributed by atoms with Gasteiger partial charge in [-0.15, -0.1) is 0 Å². The number of nitrogens with one attached hydrogen (secondary N) is 1. The van der Waals surface area contributed by atoms with Crippen molar-refractivity contribution in [3.63, 3.8) is 0 Å². The lowest BCUT2D eigenvalue weighted by molar-refractivity contribution is 0.215. The second-order valence-corrected chi connectivity index (χ2v) is 5.41. The third kappa shape index (κ3) is 2.80. The fraction of sp³-hybridized carbons (Fsp3) is 0.769. The second-order valence-electron chi connectivity index (χ2n) is 5.41. The van der Waals surface area contributed by atoms with Gasteiger partial charge in [0.25, 0.3) is 0 Å². The molecule has 17 heavy (non-hydrogen) atoms. The molecule has 3 N–H and O–H groups in total. The third-order valence-corrected chi connectivity index (χ3v) is 3.99. The van der Waals surface area contributed by atoms with Gasteiger partial charge < -0.3 is 11.1 Å². The van der Waals surface area contributed by atoms with Gasteiger partial charge in [-0.25, -0.2) is 0 Å². The molecule has 4 nitrogen and oxygen atoms in total. The quantitative estimate of drug-likeness (QED) is 0.841. The predicted octanol–water partition coefficient (Wildman–Crippen LogP) is 2.05. The lowest BCUT2D eigenvalue weighted by atomic mass is 9.74. The number of aryl methyl sites for hydroxylation is 2. The van der Waals surface area contributed by atoms with Gasteiger partial charge in [0.05, 0.1) is 5.69 Å². The van der Waals surface area contributed by atoms with Crippen molar-refractivity contribution >= 4 is 5.82 Å². The molecule has 0 radical (unpaired) electrons. The van der Waals surface area contributed by atoms with Crippen molar-refractivity contribution < 1.29 is 0 Å². The minimum Gasteiger partial charge on any atom is -0.370 e. The summed E-state index contributed by atoms with van der Waals surface area (Å²) in [5, 5.41) is 7.86. The molecule has 1 fully saturated rings. The van der Waals surface area contributed by atoms with E-state index in [4.69, 9.17) is 5.73 Å². The summed E-state index contributed by atoms with van der Waals surface area (Å²) >= 11 is 0. The standard InChI is InChI=1S/C13H24N4/c1-11-8-12(17(2)16-11)15-10-13(9-14)6-4-3-5-7-13/h8,15H,3-7,9-10,14H2,1-2H3. The number of nitrogens with two attached hydrogens (primary N) is 1. The highest BCUT2D eigenvalue weighted by atomic mass is 15.3. The molecular weight excluding hydrogens is 212 g/mol. The summed E-state index contributed by atoms with van der Waals surface area (Å²) in [6, 6.07) is 2.09. The minimum atomic E-state index is 0.302. The van der Waals surface area contributed by atoms with Crippen LogP contribution in [0.15, 0.2) is 6.07 Å². The van der Waals surface area contributed by atoms with Gasteiger partial charge in [-0.1, -0.05) is 19.3 Å². The Kier molecular flexibility index (Phi) is 3.72. The van der Waals surface area contributed by atoms with E-state index >= 15 is 0 Å². The molecule has 96 valence electrons. The molecule has 2 rings (SSSR count). The SMILES string of the molecule is Cc1cc(NCC2(CN)CCCCC2)n(C)n1. The van der Waals surface area contributed by atoms with E-state index in [1.54, 1.807) is 0 Å². The monoisotopic (exact) mass is 236 g/mol. The van der Waals surface area contributed by atoms with Gasteiger partial charge in [-0.05, 0) is 31.7 Å². The number of nitrogens with zero attached hydrogens (tertiary/aromatic N) is 2. The smallest absolute Gasteiger partial charge is 0.124 e. The summed E-state index contributed by atoms with van der Waals surface area (Å²) in [5.41, 5.74) is 7.34. The zero-order chi connectivity index (χ0) is 12.3. The average molecular weight is 236 g/mol. The van der Waals surface area contributed by atoms with Gasteiger partial charge in [0.2, 0.25) is 0 Å². The number of aromatic nitrogens is 2. The summed E-state index contributed by atoms with van der Waals surface area (Å²) in [7, 11) is 1.98. The molecule has 0 aliphatic heterocycles. The van der Waals surface area contributed by atoms with Crippen molar-refractivity contribution in [1.82, 2.24) is 9.78 Å². The van der Waals surface area contributed by atoms with E-state index in [0.29, 0.717) is 5.41 Å².